The lowest BCUT2D eigenvalue weighted by atomic mass is 10.3. The van der Waals surface area contributed by atoms with Crippen LogP contribution in [0.3, 0.4) is 0 Å². The summed E-state index contributed by atoms with van der Waals surface area (Å²) in [7, 11) is 1.57. The lowest BCUT2D eigenvalue weighted by molar-refractivity contribution is 0.274. The first kappa shape index (κ1) is 11.3. The number of benzene rings is 1. The maximum absolute atomic E-state index is 8.95. The van der Waals surface area contributed by atoms with E-state index in [9.17, 15) is 0 Å². The maximum atomic E-state index is 8.95. The molecule has 0 bridgehead atoms. The van der Waals surface area contributed by atoms with Crippen molar-refractivity contribution in [2.75, 3.05) is 7.11 Å². The molecule has 0 amide bonds. The summed E-state index contributed by atoms with van der Waals surface area (Å²) in [5.41, 5.74) is 0.456. The smallest absolute Gasteiger partial charge is 0.238 e. The number of aliphatic hydroxyl groups excluding tert-OH is 1. The third-order valence-corrected chi connectivity index (χ3v) is 2.11. The van der Waals surface area contributed by atoms with Crippen LogP contribution in [0.4, 0.5) is 0 Å². The molecule has 0 spiro atoms. The first-order chi connectivity index (χ1) is 8.33. The van der Waals surface area contributed by atoms with Crippen molar-refractivity contribution in [1.82, 2.24) is 9.97 Å². The molecule has 0 aliphatic heterocycles. The highest BCUT2D eigenvalue weighted by Gasteiger charge is 2.05. The molecule has 0 atom stereocenters. The fourth-order valence-corrected chi connectivity index (χ4v) is 1.33. The van der Waals surface area contributed by atoms with Crippen molar-refractivity contribution in [2.45, 2.75) is 6.61 Å². The number of methoxy groups -OCH3 is 1. The molecule has 1 N–H and O–H groups in total. The minimum Gasteiger partial charge on any atom is -0.493 e. The Kier molecular flexibility index (Phi) is 3.52. The average molecular weight is 232 g/mol. The van der Waals surface area contributed by atoms with E-state index in [4.69, 9.17) is 14.6 Å². The zero-order valence-corrected chi connectivity index (χ0v) is 9.33. The summed E-state index contributed by atoms with van der Waals surface area (Å²) < 4.78 is 10.7. The highest BCUT2D eigenvalue weighted by molar-refractivity contribution is 5.41. The van der Waals surface area contributed by atoms with Gasteiger partial charge in [0.25, 0.3) is 0 Å². The van der Waals surface area contributed by atoms with Crippen LogP contribution in [0.15, 0.2) is 36.7 Å². The second kappa shape index (κ2) is 5.27. The molecular formula is C12H12N2O3. The van der Waals surface area contributed by atoms with Crippen LogP contribution in [-0.4, -0.2) is 22.2 Å². The second-order valence-corrected chi connectivity index (χ2v) is 3.26. The SMILES string of the molecule is COc1ccccc1Oc1cncc(CO)n1. The van der Waals surface area contributed by atoms with Gasteiger partial charge in [0, 0.05) is 0 Å². The molecule has 0 aliphatic rings. The summed E-state index contributed by atoms with van der Waals surface area (Å²) in [5, 5.41) is 8.95. The zero-order valence-electron chi connectivity index (χ0n) is 9.33. The normalized spacial score (nSPS) is 10.0. The van der Waals surface area contributed by atoms with E-state index in [2.05, 4.69) is 9.97 Å². The van der Waals surface area contributed by atoms with Crippen LogP contribution in [0.5, 0.6) is 17.4 Å². The number of aliphatic hydroxyl groups is 1. The molecule has 17 heavy (non-hydrogen) atoms. The van der Waals surface area contributed by atoms with Crippen molar-refractivity contribution in [2.24, 2.45) is 0 Å². The van der Waals surface area contributed by atoms with Crippen molar-refractivity contribution >= 4 is 0 Å². The van der Waals surface area contributed by atoms with Crippen LogP contribution in [-0.2, 0) is 6.61 Å². The van der Waals surface area contributed by atoms with E-state index in [0.717, 1.165) is 0 Å². The van der Waals surface area contributed by atoms with E-state index in [1.54, 1.807) is 19.2 Å². The third kappa shape index (κ3) is 2.70. The Morgan fingerprint density at radius 1 is 1.18 bits per heavy atom. The van der Waals surface area contributed by atoms with Crippen LogP contribution >= 0.6 is 0 Å². The van der Waals surface area contributed by atoms with Crippen molar-refractivity contribution in [3.05, 3.63) is 42.4 Å². The Labute approximate surface area is 98.7 Å². The van der Waals surface area contributed by atoms with Crippen molar-refractivity contribution in [3.63, 3.8) is 0 Å². The van der Waals surface area contributed by atoms with Crippen LogP contribution in [0.1, 0.15) is 5.69 Å². The molecule has 1 heterocycles. The van der Waals surface area contributed by atoms with Crippen molar-refractivity contribution in [3.8, 4) is 17.4 Å². The molecule has 2 aromatic rings. The Hall–Kier alpha value is -2.14. The van der Waals surface area contributed by atoms with Gasteiger partial charge in [0.05, 0.1) is 31.8 Å². The number of para-hydroxylation sites is 2. The molecule has 2 rings (SSSR count). The summed E-state index contributed by atoms with van der Waals surface area (Å²) in [6.45, 7) is -0.171. The van der Waals surface area contributed by atoms with E-state index >= 15 is 0 Å². The second-order valence-electron chi connectivity index (χ2n) is 3.26. The highest BCUT2D eigenvalue weighted by atomic mass is 16.5. The van der Waals surface area contributed by atoms with E-state index in [1.807, 2.05) is 12.1 Å². The van der Waals surface area contributed by atoms with Gasteiger partial charge in [-0.3, -0.25) is 4.98 Å². The van der Waals surface area contributed by atoms with Gasteiger partial charge in [0.15, 0.2) is 11.5 Å². The Morgan fingerprint density at radius 2 is 1.94 bits per heavy atom. The average Bonchev–Trinajstić information content (AvgIpc) is 2.39. The molecule has 88 valence electrons. The molecule has 1 aromatic heterocycles. The third-order valence-electron chi connectivity index (χ3n) is 2.11. The van der Waals surface area contributed by atoms with E-state index in [0.29, 0.717) is 23.1 Å². The van der Waals surface area contributed by atoms with Crippen LogP contribution in [0.25, 0.3) is 0 Å². The number of ether oxygens (including phenoxy) is 2. The van der Waals surface area contributed by atoms with Gasteiger partial charge in [-0.25, -0.2) is 4.98 Å². The fraction of sp³-hybridized carbons (Fsp3) is 0.167. The molecule has 0 radical (unpaired) electrons. The topological polar surface area (TPSA) is 64.5 Å². The standard InChI is InChI=1S/C12H12N2O3/c1-16-10-4-2-3-5-11(10)17-12-7-13-6-9(8-15)14-12/h2-7,15H,8H2,1H3. The minimum atomic E-state index is -0.171. The molecule has 0 fully saturated rings. The fourth-order valence-electron chi connectivity index (χ4n) is 1.33. The molecular weight excluding hydrogens is 220 g/mol. The molecule has 5 heteroatoms. The highest BCUT2D eigenvalue weighted by Crippen LogP contribution is 2.29. The molecule has 5 nitrogen and oxygen atoms in total. The van der Waals surface area contributed by atoms with Crippen LogP contribution in [0.2, 0.25) is 0 Å². The largest absolute Gasteiger partial charge is 0.493 e. The van der Waals surface area contributed by atoms with Crippen LogP contribution < -0.4 is 9.47 Å². The number of aromatic nitrogens is 2. The Morgan fingerprint density at radius 3 is 2.65 bits per heavy atom. The summed E-state index contributed by atoms with van der Waals surface area (Å²) in [4.78, 5) is 7.99. The predicted molar refractivity (Wildman–Crippen MR) is 61.0 cm³/mol. The number of hydrogen-bond donors (Lipinski definition) is 1. The van der Waals surface area contributed by atoms with Gasteiger partial charge in [-0.15, -0.1) is 0 Å². The van der Waals surface area contributed by atoms with E-state index in [1.165, 1.54) is 12.4 Å². The van der Waals surface area contributed by atoms with Gasteiger partial charge in [-0.05, 0) is 12.1 Å². The Bertz CT molecular complexity index is 503. The first-order valence-corrected chi connectivity index (χ1v) is 5.06. The zero-order chi connectivity index (χ0) is 12.1. The first-order valence-electron chi connectivity index (χ1n) is 5.06. The molecule has 0 saturated heterocycles. The van der Waals surface area contributed by atoms with Gasteiger partial charge >= 0.3 is 0 Å². The summed E-state index contributed by atoms with van der Waals surface area (Å²) in [5.74, 6) is 1.49. The van der Waals surface area contributed by atoms with Crippen LogP contribution in [0, 0.1) is 0 Å². The predicted octanol–water partition coefficient (Wildman–Crippen LogP) is 1.77. The molecule has 1 aromatic carbocycles. The Balaban J connectivity index is 2.24. The quantitative estimate of drug-likeness (QED) is 0.870. The summed E-state index contributed by atoms with van der Waals surface area (Å²) in [6.07, 6.45) is 2.96. The van der Waals surface area contributed by atoms with Gasteiger partial charge in [-0.2, -0.15) is 0 Å². The monoisotopic (exact) mass is 232 g/mol. The number of hydrogen-bond acceptors (Lipinski definition) is 5. The lowest BCUT2D eigenvalue weighted by Gasteiger charge is -2.09. The van der Waals surface area contributed by atoms with Crippen molar-refractivity contribution in [1.29, 1.82) is 0 Å². The molecule has 0 aliphatic carbocycles. The maximum Gasteiger partial charge on any atom is 0.238 e. The van der Waals surface area contributed by atoms with Gasteiger partial charge < -0.3 is 14.6 Å². The van der Waals surface area contributed by atoms with E-state index < -0.39 is 0 Å². The molecule has 0 unspecified atom stereocenters. The lowest BCUT2D eigenvalue weighted by Crippen LogP contribution is -1.96. The van der Waals surface area contributed by atoms with E-state index in [-0.39, 0.29) is 6.61 Å². The van der Waals surface area contributed by atoms with Gasteiger partial charge in [0.2, 0.25) is 5.88 Å². The van der Waals surface area contributed by atoms with Crippen molar-refractivity contribution < 1.29 is 14.6 Å². The van der Waals surface area contributed by atoms with Gasteiger partial charge in [-0.1, -0.05) is 12.1 Å². The summed E-state index contributed by atoms with van der Waals surface area (Å²) >= 11 is 0. The number of rotatable bonds is 4. The summed E-state index contributed by atoms with van der Waals surface area (Å²) in [6, 6.07) is 7.24. The van der Waals surface area contributed by atoms with Gasteiger partial charge in [0.1, 0.15) is 0 Å². The number of nitrogens with zero attached hydrogens (tertiary/aromatic N) is 2. The minimum absolute atomic E-state index is 0.171. The molecule has 0 saturated carbocycles.